The number of hydrogen-bond donors (Lipinski definition) is 2. The van der Waals surface area contributed by atoms with E-state index < -0.39 is 11.7 Å². The molecule has 6 nitrogen and oxygen atoms in total. The van der Waals surface area contributed by atoms with E-state index in [4.69, 9.17) is 16.2 Å². The zero-order chi connectivity index (χ0) is 19.6. The van der Waals surface area contributed by atoms with Crippen molar-refractivity contribution in [2.75, 3.05) is 30.9 Å². The van der Waals surface area contributed by atoms with Crippen LogP contribution < -0.4 is 11.5 Å². The Morgan fingerprint density at radius 2 is 1.93 bits per heavy atom. The van der Waals surface area contributed by atoms with Crippen molar-refractivity contribution in [3.8, 4) is 11.3 Å². The summed E-state index contributed by atoms with van der Waals surface area (Å²) in [6.07, 6.45) is -1.12. The van der Waals surface area contributed by atoms with Crippen molar-refractivity contribution in [3.63, 3.8) is 0 Å². The zero-order valence-corrected chi connectivity index (χ0v) is 15.8. The number of thioether (sulfide) groups is 1. The summed E-state index contributed by atoms with van der Waals surface area (Å²) in [6, 6.07) is 0.972. The molecule has 0 atom stereocenters. The van der Waals surface area contributed by atoms with Crippen molar-refractivity contribution in [2.24, 2.45) is 0 Å². The van der Waals surface area contributed by atoms with Crippen molar-refractivity contribution in [1.82, 2.24) is 15.0 Å². The molecule has 27 heavy (non-hydrogen) atoms. The molecule has 3 rings (SSSR count). The van der Waals surface area contributed by atoms with Crippen LogP contribution >= 0.6 is 23.1 Å². The molecule has 4 N–H and O–H groups in total. The number of nitrogens with zero attached hydrogens (tertiary/aromatic N) is 3. The van der Waals surface area contributed by atoms with Crippen molar-refractivity contribution < 1.29 is 17.9 Å². The van der Waals surface area contributed by atoms with Crippen LogP contribution in [0.2, 0.25) is 0 Å². The molecule has 0 saturated heterocycles. The number of alkyl halides is 3. The first-order valence-electron chi connectivity index (χ1n) is 7.81. The second-order valence-corrected chi connectivity index (χ2v) is 7.92. The molecule has 0 aromatic carbocycles. The second-order valence-electron chi connectivity index (χ2n) is 5.56. The number of rotatable bonds is 6. The Kier molecular flexibility index (Phi) is 5.72. The van der Waals surface area contributed by atoms with Crippen LogP contribution in [0.1, 0.15) is 12.0 Å². The first kappa shape index (κ1) is 19.6. The number of hydrogen-bond acceptors (Lipinski definition) is 8. The van der Waals surface area contributed by atoms with Gasteiger partial charge in [-0.2, -0.15) is 13.2 Å². The quantitative estimate of drug-likeness (QED) is 0.462. The van der Waals surface area contributed by atoms with Gasteiger partial charge >= 0.3 is 6.18 Å². The molecule has 3 aromatic heterocycles. The van der Waals surface area contributed by atoms with Crippen LogP contribution in [0.3, 0.4) is 0 Å². The Morgan fingerprint density at radius 3 is 2.56 bits per heavy atom. The number of methoxy groups -OCH3 is 1. The average molecular weight is 415 g/mol. The molecular formula is C16H16F3N5OS2. The SMILES string of the molecule is COCCCSc1sc2nc(-c3cnc(N)nc3)cc(C(F)(F)F)c2c1N. The fourth-order valence-electron chi connectivity index (χ4n) is 2.42. The van der Waals surface area contributed by atoms with Crippen LogP contribution in [0.25, 0.3) is 21.5 Å². The molecule has 0 bridgehead atoms. The second kappa shape index (κ2) is 7.87. The highest BCUT2D eigenvalue weighted by atomic mass is 32.2. The van der Waals surface area contributed by atoms with Crippen molar-refractivity contribution in [2.45, 2.75) is 16.8 Å². The van der Waals surface area contributed by atoms with Crippen LogP contribution in [-0.4, -0.2) is 34.4 Å². The van der Waals surface area contributed by atoms with Crippen LogP contribution in [0.4, 0.5) is 24.8 Å². The summed E-state index contributed by atoms with van der Waals surface area (Å²) >= 11 is 2.55. The average Bonchev–Trinajstić information content (AvgIpc) is 2.94. The Bertz CT molecular complexity index is 944. The van der Waals surface area contributed by atoms with Gasteiger partial charge in [-0.1, -0.05) is 0 Å². The standard InChI is InChI=1S/C16H16F3N5OS2/c1-25-3-2-4-26-14-12(20)11-9(16(17,18)19)5-10(24-13(11)27-14)8-6-22-15(21)23-7-8/h5-7H,2-4,20H2,1H3,(H2,21,22,23). The van der Waals surface area contributed by atoms with Crippen LogP contribution in [0.5, 0.6) is 0 Å². The first-order chi connectivity index (χ1) is 12.8. The van der Waals surface area contributed by atoms with E-state index in [0.29, 0.717) is 22.1 Å². The maximum Gasteiger partial charge on any atom is 0.417 e. The Hall–Kier alpha value is -2.11. The van der Waals surface area contributed by atoms with Crippen LogP contribution in [-0.2, 0) is 10.9 Å². The van der Waals surface area contributed by atoms with Gasteiger partial charge in [-0.3, -0.25) is 0 Å². The molecule has 0 fully saturated rings. The molecule has 0 saturated carbocycles. The van der Waals surface area contributed by atoms with Gasteiger partial charge in [0.25, 0.3) is 0 Å². The molecule has 0 amide bonds. The Balaban J connectivity index is 2.09. The molecular weight excluding hydrogens is 399 g/mol. The minimum absolute atomic E-state index is 0.0333. The first-order valence-corrected chi connectivity index (χ1v) is 9.61. The summed E-state index contributed by atoms with van der Waals surface area (Å²) < 4.78 is 46.6. The fourth-order valence-corrected chi connectivity index (χ4v) is 4.70. The van der Waals surface area contributed by atoms with Gasteiger partial charge in [0.05, 0.1) is 21.2 Å². The topological polar surface area (TPSA) is 99.9 Å². The normalized spacial score (nSPS) is 12.0. The number of fused-ring (bicyclic) bond motifs is 1. The van der Waals surface area contributed by atoms with Gasteiger partial charge in [-0.25, -0.2) is 15.0 Å². The maximum atomic E-state index is 13.7. The van der Waals surface area contributed by atoms with Gasteiger partial charge in [-0.15, -0.1) is 23.1 Å². The minimum atomic E-state index is -4.57. The lowest BCUT2D eigenvalue weighted by atomic mass is 10.1. The largest absolute Gasteiger partial charge is 0.417 e. The molecule has 0 spiro atoms. The number of nitrogen functional groups attached to an aromatic ring is 2. The minimum Gasteiger partial charge on any atom is -0.397 e. The summed E-state index contributed by atoms with van der Waals surface area (Å²) in [7, 11) is 1.60. The van der Waals surface area contributed by atoms with E-state index in [2.05, 4.69) is 15.0 Å². The molecule has 0 aliphatic heterocycles. The Morgan fingerprint density at radius 1 is 1.22 bits per heavy atom. The fraction of sp³-hybridized carbons (Fsp3) is 0.312. The summed E-state index contributed by atoms with van der Waals surface area (Å²) in [4.78, 5) is 12.2. The molecule has 0 aliphatic carbocycles. The molecule has 3 aromatic rings. The highest BCUT2D eigenvalue weighted by Crippen LogP contribution is 2.46. The number of aromatic nitrogens is 3. The molecule has 11 heteroatoms. The molecule has 3 heterocycles. The van der Waals surface area contributed by atoms with Crippen molar-refractivity contribution >= 4 is 45.0 Å². The van der Waals surface area contributed by atoms with Gasteiger partial charge in [0, 0.05) is 42.8 Å². The summed E-state index contributed by atoms with van der Waals surface area (Å²) in [6.45, 7) is 0.575. The lowest BCUT2D eigenvalue weighted by molar-refractivity contribution is -0.136. The van der Waals surface area contributed by atoms with E-state index in [1.54, 1.807) is 7.11 Å². The van der Waals surface area contributed by atoms with E-state index in [1.165, 1.54) is 24.2 Å². The third-order valence-corrected chi connectivity index (χ3v) is 6.14. The van der Waals surface area contributed by atoms with Gasteiger partial charge < -0.3 is 16.2 Å². The third kappa shape index (κ3) is 4.25. The van der Waals surface area contributed by atoms with E-state index >= 15 is 0 Å². The van der Waals surface area contributed by atoms with E-state index in [-0.39, 0.29) is 27.5 Å². The Labute approximate surface area is 161 Å². The number of thiophene rings is 1. The highest BCUT2D eigenvalue weighted by Gasteiger charge is 2.35. The summed E-state index contributed by atoms with van der Waals surface area (Å²) in [5, 5.41) is -0.0677. The van der Waals surface area contributed by atoms with Crippen molar-refractivity contribution in [1.29, 1.82) is 0 Å². The number of halogens is 3. The number of pyridine rings is 1. The van der Waals surface area contributed by atoms with Gasteiger partial charge in [0.2, 0.25) is 5.95 Å². The van der Waals surface area contributed by atoms with E-state index in [0.717, 1.165) is 23.8 Å². The smallest absolute Gasteiger partial charge is 0.397 e. The van der Waals surface area contributed by atoms with Gasteiger partial charge in [0.1, 0.15) is 4.83 Å². The lowest BCUT2D eigenvalue weighted by Gasteiger charge is -2.11. The third-order valence-electron chi connectivity index (χ3n) is 3.66. The molecule has 144 valence electrons. The van der Waals surface area contributed by atoms with Gasteiger partial charge in [-0.05, 0) is 12.5 Å². The number of nitrogens with two attached hydrogens (primary N) is 2. The monoisotopic (exact) mass is 415 g/mol. The number of anilines is 2. The zero-order valence-electron chi connectivity index (χ0n) is 14.2. The predicted octanol–water partition coefficient (Wildman–Crippen LogP) is 4.07. The van der Waals surface area contributed by atoms with E-state index in [9.17, 15) is 13.2 Å². The van der Waals surface area contributed by atoms with Crippen LogP contribution in [0, 0.1) is 0 Å². The lowest BCUT2D eigenvalue weighted by Crippen LogP contribution is -2.07. The van der Waals surface area contributed by atoms with Gasteiger partial charge in [0.15, 0.2) is 0 Å². The van der Waals surface area contributed by atoms with Crippen LogP contribution in [0.15, 0.2) is 22.7 Å². The molecule has 0 unspecified atom stereocenters. The number of ether oxygens (including phenoxy) is 1. The molecule has 0 radical (unpaired) electrons. The summed E-state index contributed by atoms with van der Waals surface area (Å²) in [5.74, 6) is 0.719. The van der Waals surface area contributed by atoms with Crippen molar-refractivity contribution in [3.05, 3.63) is 24.0 Å². The highest BCUT2D eigenvalue weighted by molar-refractivity contribution is 8.01. The van der Waals surface area contributed by atoms with E-state index in [1.807, 2.05) is 0 Å². The molecule has 0 aliphatic rings. The summed E-state index contributed by atoms with van der Waals surface area (Å²) in [5.41, 5.74) is 11.2. The predicted molar refractivity (Wildman–Crippen MR) is 102 cm³/mol. The maximum absolute atomic E-state index is 13.7.